The number of fused-ring (bicyclic) bond motifs is 1. The summed E-state index contributed by atoms with van der Waals surface area (Å²) in [6.45, 7) is 10.6. The van der Waals surface area contributed by atoms with Gasteiger partial charge in [0.2, 0.25) is 0 Å². The zero-order valence-corrected chi connectivity index (χ0v) is 15.6. The van der Waals surface area contributed by atoms with Crippen LogP contribution in [0.2, 0.25) is 0 Å². The van der Waals surface area contributed by atoms with Gasteiger partial charge in [0, 0.05) is 6.08 Å². The van der Waals surface area contributed by atoms with E-state index in [1.807, 2.05) is 12.2 Å². The van der Waals surface area contributed by atoms with Crippen molar-refractivity contribution in [2.75, 3.05) is 0 Å². The maximum atomic E-state index is 10.7. The molecule has 1 aliphatic heterocycles. The minimum atomic E-state index is -0.929. The highest BCUT2D eigenvalue weighted by atomic mass is 16.6. The van der Waals surface area contributed by atoms with E-state index in [0.29, 0.717) is 5.57 Å². The molecule has 1 unspecified atom stereocenters. The Morgan fingerprint density at radius 1 is 1.32 bits per heavy atom. The Morgan fingerprint density at radius 3 is 2.72 bits per heavy atom. The van der Waals surface area contributed by atoms with Crippen LogP contribution in [0.3, 0.4) is 0 Å². The van der Waals surface area contributed by atoms with Gasteiger partial charge in [0.05, 0.1) is 0 Å². The highest BCUT2D eigenvalue weighted by molar-refractivity contribution is 5.81. The lowest BCUT2D eigenvalue weighted by molar-refractivity contribution is -0.131. The first-order valence-electron chi connectivity index (χ1n) is 8.73. The topological polar surface area (TPSA) is 49.8 Å². The van der Waals surface area contributed by atoms with Gasteiger partial charge in [0.25, 0.3) is 0 Å². The Labute approximate surface area is 149 Å². The summed E-state index contributed by atoms with van der Waals surface area (Å²) >= 11 is 0. The van der Waals surface area contributed by atoms with Gasteiger partial charge in [-0.1, -0.05) is 44.2 Å². The average molecular weight is 338 g/mol. The first kappa shape index (κ1) is 17.7. The molecule has 1 aromatic carbocycles. The van der Waals surface area contributed by atoms with Crippen LogP contribution in [0.25, 0.3) is 5.57 Å². The molecule has 3 rings (SSSR count). The molecule has 3 nitrogen and oxygen atoms in total. The third-order valence-electron chi connectivity index (χ3n) is 5.41. The molecule has 2 aliphatic rings. The van der Waals surface area contributed by atoms with Crippen molar-refractivity contribution < 1.29 is 14.6 Å². The molecule has 0 radical (unpaired) electrons. The fourth-order valence-corrected chi connectivity index (χ4v) is 3.56. The third-order valence-corrected chi connectivity index (χ3v) is 5.41. The molecule has 0 amide bonds. The quantitative estimate of drug-likeness (QED) is 0.479. The number of rotatable bonds is 4. The number of benzene rings is 1. The van der Waals surface area contributed by atoms with E-state index in [0.717, 1.165) is 6.42 Å². The smallest absolute Gasteiger partial charge is 0.328 e. The van der Waals surface area contributed by atoms with Gasteiger partial charge < -0.3 is 9.84 Å². The highest BCUT2D eigenvalue weighted by Gasteiger charge is 2.52. The molecule has 1 heterocycles. The molecule has 1 saturated heterocycles. The summed E-state index contributed by atoms with van der Waals surface area (Å²) in [7, 11) is 0. The van der Waals surface area contributed by atoms with Crippen LogP contribution >= 0.6 is 0 Å². The first-order valence-corrected chi connectivity index (χ1v) is 8.73. The van der Waals surface area contributed by atoms with Crippen LogP contribution in [0, 0.1) is 0 Å². The van der Waals surface area contributed by atoms with Gasteiger partial charge in [-0.25, -0.2) is 4.79 Å². The molecule has 3 heteroatoms. The van der Waals surface area contributed by atoms with E-state index >= 15 is 0 Å². The molecule has 1 aliphatic carbocycles. The third kappa shape index (κ3) is 3.34. The number of aliphatic carboxylic acids is 1. The van der Waals surface area contributed by atoms with Crippen LogP contribution in [-0.2, 0) is 20.5 Å². The van der Waals surface area contributed by atoms with Crippen LogP contribution in [0.5, 0.6) is 0 Å². The van der Waals surface area contributed by atoms with Crippen molar-refractivity contribution in [1.29, 1.82) is 0 Å². The fourth-order valence-electron chi connectivity index (χ4n) is 3.56. The van der Waals surface area contributed by atoms with Gasteiger partial charge in [-0.15, -0.1) is 0 Å². The van der Waals surface area contributed by atoms with E-state index in [4.69, 9.17) is 9.84 Å². The summed E-state index contributed by atoms with van der Waals surface area (Å²) in [5, 5.41) is 8.78. The Balaban J connectivity index is 1.85. The number of carboxylic acids is 1. The maximum Gasteiger partial charge on any atom is 0.328 e. The molecule has 1 fully saturated rings. The van der Waals surface area contributed by atoms with Gasteiger partial charge in [-0.05, 0) is 66.5 Å². The summed E-state index contributed by atoms with van der Waals surface area (Å²) in [5.74, 6) is -0.929. The minimum absolute atomic E-state index is 0.0245. The van der Waals surface area contributed by atoms with Crippen LogP contribution in [0.4, 0.5) is 0 Å². The Hall–Kier alpha value is -2.13. The second kappa shape index (κ2) is 5.99. The van der Waals surface area contributed by atoms with Gasteiger partial charge in [0.15, 0.2) is 0 Å². The summed E-state index contributed by atoms with van der Waals surface area (Å²) < 4.78 is 5.94. The molecule has 2 atom stereocenters. The second-order valence-corrected chi connectivity index (χ2v) is 7.97. The molecular weight excluding hydrogens is 312 g/mol. The Bertz CT molecular complexity index is 811. The zero-order chi connectivity index (χ0) is 18.4. The van der Waals surface area contributed by atoms with Crippen LogP contribution in [0.15, 0.2) is 48.1 Å². The molecule has 25 heavy (non-hydrogen) atoms. The van der Waals surface area contributed by atoms with E-state index < -0.39 is 5.97 Å². The molecular formula is C22H26O3. The van der Waals surface area contributed by atoms with E-state index in [1.165, 1.54) is 28.3 Å². The molecule has 0 aromatic heterocycles. The van der Waals surface area contributed by atoms with Crippen molar-refractivity contribution in [3.63, 3.8) is 0 Å². The minimum Gasteiger partial charge on any atom is -0.478 e. The van der Waals surface area contributed by atoms with E-state index in [9.17, 15) is 4.79 Å². The maximum absolute atomic E-state index is 10.7. The predicted molar refractivity (Wildman–Crippen MR) is 100 cm³/mol. The van der Waals surface area contributed by atoms with Crippen LogP contribution in [0.1, 0.15) is 57.7 Å². The average Bonchev–Trinajstić information content (AvgIpc) is 3.20. The van der Waals surface area contributed by atoms with Crippen molar-refractivity contribution in [2.24, 2.45) is 0 Å². The monoisotopic (exact) mass is 338 g/mol. The first-order chi connectivity index (χ1) is 11.6. The Morgan fingerprint density at radius 2 is 2.04 bits per heavy atom. The van der Waals surface area contributed by atoms with Gasteiger partial charge in [-0.2, -0.15) is 0 Å². The van der Waals surface area contributed by atoms with Crippen LogP contribution in [-0.4, -0.2) is 17.2 Å². The summed E-state index contributed by atoms with van der Waals surface area (Å²) in [6, 6.07) is 6.67. The van der Waals surface area contributed by atoms with Gasteiger partial charge in [-0.3, -0.25) is 0 Å². The molecule has 0 bridgehead atoms. The SMILES string of the molecule is CC(C=CC1O[C@]1(C)c1ccc2c(c1)C(C)=CCC2(C)C)=CC(=O)O. The van der Waals surface area contributed by atoms with Crippen molar-refractivity contribution in [3.8, 4) is 0 Å². The van der Waals surface area contributed by atoms with E-state index in [2.05, 4.69) is 52.0 Å². The summed E-state index contributed by atoms with van der Waals surface area (Å²) in [4.78, 5) is 10.7. The summed E-state index contributed by atoms with van der Waals surface area (Å²) in [6.07, 6.45) is 8.32. The number of carbonyl (C=O) groups is 1. The number of hydrogen-bond donors (Lipinski definition) is 1. The number of hydrogen-bond acceptors (Lipinski definition) is 2. The lowest BCUT2D eigenvalue weighted by Gasteiger charge is -2.32. The van der Waals surface area contributed by atoms with Gasteiger partial charge >= 0.3 is 5.97 Å². The van der Waals surface area contributed by atoms with Crippen molar-refractivity contribution in [3.05, 3.63) is 64.8 Å². The van der Waals surface area contributed by atoms with E-state index in [1.54, 1.807) is 6.92 Å². The molecule has 1 aromatic rings. The number of epoxide rings is 1. The largest absolute Gasteiger partial charge is 0.478 e. The van der Waals surface area contributed by atoms with Crippen LogP contribution < -0.4 is 0 Å². The van der Waals surface area contributed by atoms with Crippen molar-refractivity contribution in [2.45, 2.75) is 58.2 Å². The summed E-state index contributed by atoms with van der Waals surface area (Å²) in [5.41, 5.74) is 5.74. The molecule has 0 spiro atoms. The fraction of sp³-hybridized carbons (Fsp3) is 0.409. The molecule has 0 saturated carbocycles. The predicted octanol–water partition coefficient (Wildman–Crippen LogP) is 4.97. The van der Waals surface area contributed by atoms with Crippen molar-refractivity contribution in [1.82, 2.24) is 0 Å². The Kier molecular flexibility index (Phi) is 4.24. The van der Waals surface area contributed by atoms with Gasteiger partial charge in [0.1, 0.15) is 11.7 Å². The number of ether oxygens (including phenoxy) is 1. The lowest BCUT2D eigenvalue weighted by Crippen LogP contribution is -2.22. The normalized spacial score (nSPS) is 27.8. The number of allylic oxidation sites excluding steroid dienone is 4. The second-order valence-electron chi connectivity index (χ2n) is 7.97. The standard InChI is InChI=1S/C22H26O3/c1-14(12-20(23)24)6-9-19-22(5,25-19)16-7-8-18-17(13-16)15(2)10-11-21(18,3)4/h6-10,12-13,19H,11H2,1-5H3,(H,23,24)/t19?,22-/m1/s1. The molecule has 1 N–H and O–H groups in total. The van der Waals surface area contributed by atoms with Crippen molar-refractivity contribution >= 4 is 11.5 Å². The number of carboxylic acid groups (broad SMARTS) is 1. The zero-order valence-electron chi connectivity index (χ0n) is 15.6. The highest BCUT2D eigenvalue weighted by Crippen LogP contribution is 2.49. The lowest BCUT2D eigenvalue weighted by atomic mass is 9.73. The molecule has 132 valence electrons. The van der Waals surface area contributed by atoms with E-state index in [-0.39, 0.29) is 17.1 Å².